The van der Waals surface area contributed by atoms with Gasteiger partial charge in [-0.05, 0) is 30.5 Å². The van der Waals surface area contributed by atoms with Gasteiger partial charge >= 0.3 is 0 Å². The van der Waals surface area contributed by atoms with E-state index in [4.69, 9.17) is 16.3 Å². The van der Waals surface area contributed by atoms with Crippen LogP contribution in [-0.4, -0.2) is 31.2 Å². The Morgan fingerprint density at radius 3 is 2.44 bits per heavy atom. The number of piperidine rings is 1. The molecule has 1 aromatic rings. The van der Waals surface area contributed by atoms with Crippen LogP contribution in [0.3, 0.4) is 0 Å². The first-order valence-corrected chi connectivity index (χ1v) is 6.15. The van der Waals surface area contributed by atoms with Gasteiger partial charge < -0.3 is 4.74 Å². The van der Waals surface area contributed by atoms with E-state index >= 15 is 0 Å². The van der Waals surface area contributed by atoms with Gasteiger partial charge in [0.05, 0.1) is 6.10 Å². The van der Waals surface area contributed by atoms with E-state index in [0.717, 1.165) is 37.5 Å². The van der Waals surface area contributed by atoms with Crippen molar-refractivity contribution in [1.82, 2.24) is 4.90 Å². The Morgan fingerprint density at radius 1 is 1.25 bits per heavy atom. The molecular formula is C13H18ClNO. The van der Waals surface area contributed by atoms with Crippen LogP contribution in [0.5, 0.6) is 0 Å². The maximum absolute atomic E-state index is 5.86. The molecule has 0 radical (unpaired) electrons. The van der Waals surface area contributed by atoms with E-state index in [1.807, 2.05) is 12.1 Å². The van der Waals surface area contributed by atoms with Gasteiger partial charge in [-0.1, -0.05) is 23.7 Å². The summed E-state index contributed by atoms with van der Waals surface area (Å²) in [6.45, 7) is 3.27. The molecule has 1 saturated heterocycles. The monoisotopic (exact) mass is 239 g/mol. The van der Waals surface area contributed by atoms with E-state index in [1.54, 1.807) is 7.11 Å². The zero-order valence-corrected chi connectivity index (χ0v) is 10.4. The number of nitrogens with zero attached hydrogens (tertiary/aromatic N) is 1. The number of rotatable bonds is 3. The highest BCUT2D eigenvalue weighted by atomic mass is 35.5. The van der Waals surface area contributed by atoms with E-state index in [1.165, 1.54) is 5.56 Å². The van der Waals surface area contributed by atoms with Gasteiger partial charge in [0.15, 0.2) is 0 Å². The molecular weight excluding hydrogens is 222 g/mol. The molecule has 88 valence electrons. The molecule has 0 spiro atoms. The summed E-state index contributed by atoms with van der Waals surface area (Å²) in [5, 5.41) is 0.807. The number of likely N-dealkylation sites (tertiary alicyclic amines) is 1. The van der Waals surface area contributed by atoms with Crippen molar-refractivity contribution in [1.29, 1.82) is 0 Å². The molecule has 0 aromatic heterocycles. The molecule has 1 aliphatic heterocycles. The summed E-state index contributed by atoms with van der Waals surface area (Å²) in [6, 6.07) is 8.12. The number of hydrogen-bond donors (Lipinski definition) is 0. The van der Waals surface area contributed by atoms with Crippen LogP contribution in [0.15, 0.2) is 24.3 Å². The van der Waals surface area contributed by atoms with E-state index in [-0.39, 0.29) is 0 Å². The number of benzene rings is 1. The standard InChI is InChI=1S/C13H18ClNO/c1-16-13-6-8-15(9-7-13)10-11-2-4-12(14)5-3-11/h2-5,13H,6-10H2,1H3. The molecule has 0 N–H and O–H groups in total. The SMILES string of the molecule is COC1CCN(Cc2ccc(Cl)cc2)CC1. The maximum Gasteiger partial charge on any atom is 0.0595 e. The lowest BCUT2D eigenvalue weighted by Crippen LogP contribution is -2.36. The lowest BCUT2D eigenvalue weighted by molar-refractivity contribution is 0.0388. The molecule has 0 unspecified atom stereocenters. The molecule has 1 aromatic carbocycles. The van der Waals surface area contributed by atoms with E-state index in [9.17, 15) is 0 Å². The van der Waals surface area contributed by atoms with Crippen molar-refractivity contribution in [2.24, 2.45) is 0 Å². The van der Waals surface area contributed by atoms with Crippen LogP contribution in [-0.2, 0) is 11.3 Å². The first-order chi connectivity index (χ1) is 7.78. The van der Waals surface area contributed by atoms with Crippen LogP contribution in [0.4, 0.5) is 0 Å². The Balaban J connectivity index is 1.84. The molecule has 0 amide bonds. The third kappa shape index (κ3) is 3.21. The Bertz CT molecular complexity index is 317. The summed E-state index contributed by atoms with van der Waals surface area (Å²) >= 11 is 5.86. The average molecular weight is 240 g/mol. The van der Waals surface area contributed by atoms with Crippen molar-refractivity contribution in [3.05, 3.63) is 34.9 Å². The summed E-state index contributed by atoms with van der Waals surface area (Å²) in [7, 11) is 1.81. The third-order valence-electron chi connectivity index (χ3n) is 3.19. The van der Waals surface area contributed by atoms with Gasteiger partial charge in [-0.25, -0.2) is 0 Å². The van der Waals surface area contributed by atoms with Crippen molar-refractivity contribution in [3.8, 4) is 0 Å². The van der Waals surface area contributed by atoms with Crippen LogP contribution >= 0.6 is 11.6 Å². The highest BCUT2D eigenvalue weighted by Crippen LogP contribution is 2.16. The number of halogens is 1. The van der Waals surface area contributed by atoms with Gasteiger partial charge in [0.1, 0.15) is 0 Å². The van der Waals surface area contributed by atoms with E-state index in [0.29, 0.717) is 6.10 Å². The van der Waals surface area contributed by atoms with Crippen molar-refractivity contribution >= 4 is 11.6 Å². The Labute approximate surface area is 102 Å². The second kappa shape index (κ2) is 5.67. The molecule has 2 rings (SSSR count). The molecule has 1 aliphatic rings. The first-order valence-electron chi connectivity index (χ1n) is 5.77. The Kier molecular flexibility index (Phi) is 4.22. The van der Waals surface area contributed by atoms with Crippen LogP contribution in [0.1, 0.15) is 18.4 Å². The van der Waals surface area contributed by atoms with Crippen LogP contribution in [0.25, 0.3) is 0 Å². The summed E-state index contributed by atoms with van der Waals surface area (Å²) in [5.41, 5.74) is 1.33. The zero-order chi connectivity index (χ0) is 11.4. The smallest absolute Gasteiger partial charge is 0.0595 e. The molecule has 0 saturated carbocycles. The van der Waals surface area contributed by atoms with Crippen LogP contribution < -0.4 is 0 Å². The molecule has 1 heterocycles. The van der Waals surface area contributed by atoms with Crippen LogP contribution in [0, 0.1) is 0 Å². The van der Waals surface area contributed by atoms with Gasteiger partial charge in [-0.3, -0.25) is 4.90 Å². The fraction of sp³-hybridized carbons (Fsp3) is 0.538. The third-order valence-corrected chi connectivity index (χ3v) is 3.44. The molecule has 2 nitrogen and oxygen atoms in total. The summed E-state index contributed by atoms with van der Waals surface area (Å²) in [4.78, 5) is 2.47. The fourth-order valence-corrected chi connectivity index (χ4v) is 2.28. The highest BCUT2D eigenvalue weighted by molar-refractivity contribution is 6.30. The largest absolute Gasteiger partial charge is 0.381 e. The quantitative estimate of drug-likeness (QED) is 0.804. The van der Waals surface area contributed by atoms with Crippen molar-refractivity contribution in [3.63, 3.8) is 0 Å². The van der Waals surface area contributed by atoms with Gasteiger partial charge in [0, 0.05) is 31.8 Å². The average Bonchev–Trinajstić information content (AvgIpc) is 2.33. The highest BCUT2D eigenvalue weighted by Gasteiger charge is 2.18. The molecule has 1 fully saturated rings. The van der Waals surface area contributed by atoms with Gasteiger partial charge in [-0.2, -0.15) is 0 Å². The molecule has 0 aliphatic carbocycles. The van der Waals surface area contributed by atoms with Crippen molar-refractivity contribution < 1.29 is 4.74 Å². The summed E-state index contributed by atoms with van der Waals surface area (Å²) in [6.07, 6.45) is 2.75. The topological polar surface area (TPSA) is 12.5 Å². The maximum atomic E-state index is 5.86. The number of methoxy groups -OCH3 is 1. The second-order valence-corrected chi connectivity index (χ2v) is 4.77. The summed E-state index contributed by atoms with van der Waals surface area (Å²) < 4.78 is 5.36. The zero-order valence-electron chi connectivity index (χ0n) is 9.66. The van der Waals surface area contributed by atoms with E-state index in [2.05, 4.69) is 17.0 Å². The normalized spacial score (nSPS) is 18.9. The number of ether oxygens (including phenoxy) is 1. The fourth-order valence-electron chi connectivity index (χ4n) is 2.15. The predicted octanol–water partition coefficient (Wildman–Crippen LogP) is 2.95. The minimum Gasteiger partial charge on any atom is -0.381 e. The van der Waals surface area contributed by atoms with Gasteiger partial charge in [0.25, 0.3) is 0 Å². The van der Waals surface area contributed by atoms with Gasteiger partial charge in [0.2, 0.25) is 0 Å². The molecule has 16 heavy (non-hydrogen) atoms. The Hall–Kier alpha value is -0.570. The number of hydrogen-bond acceptors (Lipinski definition) is 2. The van der Waals surface area contributed by atoms with Crippen molar-refractivity contribution in [2.75, 3.05) is 20.2 Å². The first kappa shape index (κ1) is 11.9. The minimum absolute atomic E-state index is 0.460. The Morgan fingerprint density at radius 2 is 1.88 bits per heavy atom. The molecule has 0 bridgehead atoms. The summed E-state index contributed by atoms with van der Waals surface area (Å²) in [5.74, 6) is 0. The van der Waals surface area contributed by atoms with Gasteiger partial charge in [-0.15, -0.1) is 0 Å². The minimum atomic E-state index is 0.460. The lowest BCUT2D eigenvalue weighted by atomic mass is 10.1. The molecule has 3 heteroatoms. The predicted molar refractivity (Wildman–Crippen MR) is 66.8 cm³/mol. The van der Waals surface area contributed by atoms with Crippen molar-refractivity contribution in [2.45, 2.75) is 25.5 Å². The second-order valence-electron chi connectivity index (χ2n) is 4.34. The molecule has 0 atom stereocenters. The lowest BCUT2D eigenvalue weighted by Gasteiger charge is -2.31. The van der Waals surface area contributed by atoms with E-state index < -0.39 is 0 Å². The van der Waals surface area contributed by atoms with Crippen LogP contribution in [0.2, 0.25) is 5.02 Å².